The Morgan fingerprint density at radius 1 is 1.00 bits per heavy atom. The fraction of sp³-hybridized carbons (Fsp3) is 0.120. The molecule has 0 spiro atoms. The number of aromatic nitrogens is 2. The number of carbonyl (C=O) groups excluding carboxylic acids is 2. The van der Waals surface area contributed by atoms with Crippen molar-refractivity contribution in [2.45, 2.75) is 18.6 Å². The summed E-state index contributed by atoms with van der Waals surface area (Å²) in [5.74, 6) is -0.600. The highest BCUT2D eigenvalue weighted by molar-refractivity contribution is 7.99. The summed E-state index contributed by atoms with van der Waals surface area (Å²) in [4.78, 5) is 45.4. The van der Waals surface area contributed by atoms with E-state index >= 15 is 0 Å². The van der Waals surface area contributed by atoms with Gasteiger partial charge in [-0.05, 0) is 24.6 Å². The third-order valence-corrected chi connectivity index (χ3v) is 7.36. The van der Waals surface area contributed by atoms with Crippen molar-refractivity contribution in [1.82, 2.24) is 14.5 Å². The number of imide groups is 1. The number of nitrogens with zero attached hydrogens (tertiary/aromatic N) is 3. The zero-order chi connectivity index (χ0) is 23.1. The second kappa shape index (κ2) is 8.46. The van der Waals surface area contributed by atoms with Gasteiger partial charge in [0.05, 0.1) is 22.4 Å². The van der Waals surface area contributed by atoms with Crippen molar-refractivity contribution in [3.05, 3.63) is 93.6 Å². The summed E-state index contributed by atoms with van der Waals surface area (Å²) in [6, 6.07) is 14.8. The number of allylic oxidation sites excluding steroid dienone is 1. The van der Waals surface area contributed by atoms with Crippen LogP contribution in [0.5, 0.6) is 0 Å². The zero-order valence-electron chi connectivity index (χ0n) is 17.8. The summed E-state index contributed by atoms with van der Waals surface area (Å²) in [6.07, 6.45) is 1.64. The maximum absolute atomic E-state index is 13.5. The van der Waals surface area contributed by atoms with Gasteiger partial charge in [-0.1, -0.05) is 59.8 Å². The van der Waals surface area contributed by atoms with Gasteiger partial charge in [-0.25, -0.2) is 4.98 Å². The Kier molecular flexibility index (Phi) is 5.47. The highest BCUT2D eigenvalue weighted by atomic mass is 32.2. The predicted molar refractivity (Wildman–Crippen MR) is 132 cm³/mol. The second-order valence-corrected chi connectivity index (χ2v) is 9.42. The Morgan fingerprint density at radius 3 is 2.30 bits per heavy atom. The largest absolute Gasteiger partial charge is 0.283 e. The van der Waals surface area contributed by atoms with Crippen molar-refractivity contribution >= 4 is 45.1 Å². The number of thiophene rings is 1. The van der Waals surface area contributed by atoms with E-state index in [4.69, 9.17) is 4.98 Å². The number of benzene rings is 2. The molecule has 0 N–H and O–H groups in total. The van der Waals surface area contributed by atoms with Gasteiger partial charge in [0.2, 0.25) is 0 Å². The van der Waals surface area contributed by atoms with Crippen LogP contribution in [-0.4, -0.2) is 32.1 Å². The molecular weight excluding hydrogens is 454 g/mol. The normalized spacial score (nSPS) is 13.1. The minimum Gasteiger partial charge on any atom is -0.283 e. The summed E-state index contributed by atoms with van der Waals surface area (Å²) < 4.78 is 1.54. The first-order chi connectivity index (χ1) is 16.0. The number of amides is 2. The van der Waals surface area contributed by atoms with E-state index in [0.29, 0.717) is 26.5 Å². The van der Waals surface area contributed by atoms with E-state index in [2.05, 4.69) is 6.58 Å². The quantitative estimate of drug-likeness (QED) is 0.171. The summed E-state index contributed by atoms with van der Waals surface area (Å²) in [5.41, 5.74) is 3.59. The minimum absolute atomic E-state index is 0.0671. The lowest BCUT2D eigenvalue weighted by molar-refractivity contribution is 0.0684. The number of thioether (sulfide) groups is 1. The van der Waals surface area contributed by atoms with E-state index in [-0.39, 0.29) is 29.8 Å². The molecular formula is C25H19N3O3S2. The molecule has 6 nitrogen and oxygen atoms in total. The van der Waals surface area contributed by atoms with Crippen LogP contribution in [0, 0.1) is 6.92 Å². The molecule has 8 heteroatoms. The van der Waals surface area contributed by atoms with Gasteiger partial charge in [0.1, 0.15) is 4.83 Å². The van der Waals surface area contributed by atoms with Crippen LogP contribution in [0.25, 0.3) is 21.3 Å². The molecule has 0 saturated carbocycles. The number of fused-ring (bicyclic) bond motifs is 2. The van der Waals surface area contributed by atoms with Crippen molar-refractivity contribution in [3.63, 3.8) is 0 Å². The van der Waals surface area contributed by atoms with E-state index in [1.165, 1.54) is 28.0 Å². The second-order valence-electron chi connectivity index (χ2n) is 7.65. The van der Waals surface area contributed by atoms with Crippen molar-refractivity contribution in [2.24, 2.45) is 0 Å². The number of carbonyl (C=O) groups is 2. The number of rotatable bonds is 6. The smallest absolute Gasteiger partial charge is 0.263 e. The van der Waals surface area contributed by atoms with Gasteiger partial charge in [0, 0.05) is 17.5 Å². The fourth-order valence-electron chi connectivity index (χ4n) is 3.83. The zero-order valence-corrected chi connectivity index (χ0v) is 19.4. The van der Waals surface area contributed by atoms with E-state index in [0.717, 1.165) is 16.7 Å². The molecule has 5 rings (SSSR count). The first kappa shape index (κ1) is 21.4. The molecule has 3 heterocycles. The summed E-state index contributed by atoms with van der Waals surface area (Å²) in [5, 5.41) is 2.96. The minimum atomic E-state index is -0.334. The monoisotopic (exact) mass is 473 g/mol. The Balaban J connectivity index is 1.51. The molecule has 4 aromatic rings. The Hall–Kier alpha value is -3.49. The Labute approximate surface area is 198 Å². The molecule has 0 radical (unpaired) electrons. The van der Waals surface area contributed by atoms with Gasteiger partial charge >= 0.3 is 0 Å². The number of hydrogen-bond acceptors (Lipinski definition) is 6. The summed E-state index contributed by atoms with van der Waals surface area (Å²) >= 11 is 2.60. The average molecular weight is 474 g/mol. The predicted octanol–water partition coefficient (Wildman–Crippen LogP) is 4.97. The third-order valence-electron chi connectivity index (χ3n) is 5.53. The molecule has 2 aromatic carbocycles. The van der Waals surface area contributed by atoms with Gasteiger partial charge in [-0.3, -0.25) is 23.9 Å². The summed E-state index contributed by atoms with van der Waals surface area (Å²) in [7, 11) is 0. The van der Waals surface area contributed by atoms with Gasteiger partial charge in [-0.15, -0.1) is 17.9 Å². The van der Waals surface area contributed by atoms with Crippen LogP contribution >= 0.6 is 23.1 Å². The molecule has 0 fully saturated rings. The van der Waals surface area contributed by atoms with Crippen molar-refractivity contribution in [1.29, 1.82) is 0 Å². The number of hydrogen-bond donors (Lipinski definition) is 0. The van der Waals surface area contributed by atoms with Crippen molar-refractivity contribution < 1.29 is 9.59 Å². The van der Waals surface area contributed by atoms with Crippen LogP contribution in [0.2, 0.25) is 0 Å². The van der Waals surface area contributed by atoms with Gasteiger partial charge in [0.15, 0.2) is 5.16 Å². The van der Waals surface area contributed by atoms with E-state index in [9.17, 15) is 14.4 Å². The summed E-state index contributed by atoms with van der Waals surface area (Å²) in [6.45, 7) is 6.07. The van der Waals surface area contributed by atoms with E-state index < -0.39 is 0 Å². The molecule has 1 aliphatic rings. The first-order valence-electron chi connectivity index (χ1n) is 10.3. The van der Waals surface area contributed by atoms with Gasteiger partial charge < -0.3 is 0 Å². The van der Waals surface area contributed by atoms with Crippen LogP contribution < -0.4 is 5.56 Å². The third kappa shape index (κ3) is 3.61. The Bertz CT molecular complexity index is 1450. The van der Waals surface area contributed by atoms with Crippen LogP contribution in [-0.2, 0) is 6.54 Å². The molecule has 0 aliphatic carbocycles. The maximum Gasteiger partial charge on any atom is 0.263 e. The van der Waals surface area contributed by atoms with Crippen LogP contribution in [0.15, 0.2) is 76.5 Å². The highest BCUT2D eigenvalue weighted by Gasteiger charge is 2.35. The van der Waals surface area contributed by atoms with Crippen LogP contribution in [0.1, 0.15) is 26.3 Å². The van der Waals surface area contributed by atoms with E-state index in [1.807, 2.05) is 36.6 Å². The lowest BCUT2D eigenvalue weighted by Crippen LogP contribution is -2.30. The van der Waals surface area contributed by atoms with E-state index in [1.54, 1.807) is 34.9 Å². The molecule has 2 amide bonds. The van der Waals surface area contributed by atoms with Crippen molar-refractivity contribution in [2.75, 3.05) is 5.88 Å². The van der Waals surface area contributed by atoms with Gasteiger partial charge in [-0.2, -0.15) is 0 Å². The SMILES string of the molecule is C=CCn1c(SCN2C(=O)c3ccccc3C2=O)nc2scc(-c3ccc(C)cc3)c2c1=O. The topological polar surface area (TPSA) is 72.3 Å². The molecule has 0 bridgehead atoms. The van der Waals surface area contributed by atoms with Gasteiger partial charge in [0.25, 0.3) is 17.4 Å². The maximum atomic E-state index is 13.5. The lowest BCUT2D eigenvalue weighted by Gasteiger charge is -2.15. The van der Waals surface area contributed by atoms with Crippen LogP contribution in [0.3, 0.4) is 0 Å². The average Bonchev–Trinajstić information content (AvgIpc) is 3.35. The molecule has 164 valence electrons. The van der Waals surface area contributed by atoms with Crippen LogP contribution in [0.4, 0.5) is 0 Å². The lowest BCUT2D eigenvalue weighted by atomic mass is 10.1. The molecule has 1 aliphatic heterocycles. The van der Waals surface area contributed by atoms with Crippen molar-refractivity contribution in [3.8, 4) is 11.1 Å². The molecule has 0 saturated heterocycles. The molecule has 0 atom stereocenters. The molecule has 33 heavy (non-hydrogen) atoms. The molecule has 2 aromatic heterocycles. The molecule has 0 unspecified atom stereocenters. The standard InChI is InChI=1S/C25H19N3O3S2/c1-3-12-27-24(31)20-19(16-10-8-15(2)9-11-16)13-32-21(20)26-25(27)33-14-28-22(29)17-6-4-5-7-18(17)23(28)30/h3-11,13H,1,12,14H2,2H3. The number of aryl methyl sites for hydroxylation is 1. The Morgan fingerprint density at radius 2 is 1.67 bits per heavy atom. The first-order valence-corrected chi connectivity index (χ1v) is 12.1. The highest BCUT2D eigenvalue weighted by Crippen LogP contribution is 2.33. The fourth-order valence-corrected chi connectivity index (χ4v) is 5.77.